The predicted molar refractivity (Wildman–Crippen MR) is 60.5 cm³/mol. The molecule has 0 N–H and O–H groups in total. The standard InChI is InChI=1S/C10H21NOS/c1-6-9(7-2)8-11-13(12)10(3,4)5/h8-9H,6-7H2,1-5H3/b11-8+. The van der Waals surface area contributed by atoms with Gasteiger partial charge in [0.05, 0.1) is 4.75 Å². The molecule has 0 aliphatic rings. The Hall–Kier alpha value is -0.180. The second kappa shape index (κ2) is 5.53. The van der Waals surface area contributed by atoms with Crippen LogP contribution in [0.3, 0.4) is 0 Å². The average molecular weight is 203 g/mol. The van der Waals surface area contributed by atoms with Crippen LogP contribution in [0.2, 0.25) is 0 Å². The third-order valence-corrected chi connectivity index (χ3v) is 3.30. The summed E-state index contributed by atoms with van der Waals surface area (Å²) >= 11 is 0. The quantitative estimate of drug-likeness (QED) is 0.646. The zero-order chi connectivity index (χ0) is 10.5. The lowest BCUT2D eigenvalue weighted by molar-refractivity contribution is 0.644. The van der Waals surface area contributed by atoms with E-state index < -0.39 is 11.0 Å². The van der Waals surface area contributed by atoms with Gasteiger partial charge in [-0.1, -0.05) is 13.8 Å². The Kier molecular flexibility index (Phi) is 5.45. The highest BCUT2D eigenvalue weighted by Crippen LogP contribution is 2.13. The van der Waals surface area contributed by atoms with E-state index in [9.17, 15) is 4.21 Å². The third-order valence-electron chi connectivity index (χ3n) is 1.94. The smallest absolute Gasteiger partial charge is 0.144 e. The van der Waals surface area contributed by atoms with Crippen LogP contribution in [0.5, 0.6) is 0 Å². The molecule has 2 nitrogen and oxygen atoms in total. The molecule has 0 amide bonds. The van der Waals surface area contributed by atoms with Crippen LogP contribution < -0.4 is 0 Å². The first-order valence-electron chi connectivity index (χ1n) is 4.88. The van der Waals surface area contributed by atoms with Crippen molar-refractivity contribution in [3.05, 3.63) is 0 Å². The van der Waals surface area contributed by atoms with Crippen LogP contribution >= 0.6 is 0 Å². The van der Waals surface area contributed by atoms with Crippen molar-refractivity contribution in [2.45, 2.75) is 52.2 Å². The van der Waals surface area contributed by atoms with Gasteiger partial charge in [0.25, 0.3) is 0 Å². The van der Waals surface area contributed by atoms with E-state index in [-0.39, 0.29) is 4.75 Å². The van der Waals surface area contributed by atoms with Gasteiger partial charge in [-0.15, -0.1) is 0 Å². The molecule has 0 rings (SSSR count). The van der Waals surface area contributed by atoms with Crippen molar-refractivity contribution in [3.8, 4) is 0 Å². The van der Waals surface area contributed by atoms with Gasteiger partial charge in [-0.3, -0.25) is 0 Å². The van der Waals surface area contributed by atoms with Gasteiger partial charge >= 0.3 is 0 Å². The first-order valence-corrected chi connectivity index (χ1v) is 5.98. The van der Waals surface area contributed by atoms with Crippen LogP contribution in [-0.4, -0.2) is 15.2 Å². The zero-order valence-electron chi connectivity index (χ0n) is 9.33. The summed E-state index contributed by atoms with van der Waals surface area (Å²) in [7, 11) is -1.09. The summed E-state index contributed by atoms with van der Waals surface area (Å²) in [5.74, 6) is 0.478. The summed E-state index contributed by atoms with van der Waals surface area (Å²) in [5.41, 5.74) is 0. The highest BCUT2D eigenvalue weighted by atomic mass is 32.2. The Morgan fingerprint density at radius 3 is 2.08 bits per heavy atom. The Balaban J connectivity index is 4.19. The fraction of sp³-hybridized carbons (Fsp3) is 0.900. The second-order valence-corrected chi connectivity index (χ2v) is 6.13. The lowest BCUT2D eigenvalue weighted by Gasteiger charge is -2.13. The molecule has 0 saturated heterocycles. The van der Waals surface area contributed by atoms with Crippen molar-refractivity contribution >= 4 is 17.2 Å². The third kappa shape index (κ3) is 5.19. The van der Waals surface area contributed by atoms with E-state index in [2.05, 4.69) is 18.2 Å². The first kappa shape index (κ1) is 12.8. The van der Waals surface area contributed by atoms with Crippen molar-refractivity contribution in [1.29, 1.82) is 0 Å². The highest BCUT2D eigenvalue weighted by Gasteiger charge is 2.18. The van der Waals surface area contributed by atoms with E-state index in [4.69, 9.17) is 0 Å². The molecule has 13 heavy (non-hydrogen) atoms. The molecule has 0 spiro atoms. The molecule has 0 radical (unpaired) electrons. The largest absolute Gasteiger partial charge is 0.234 e. The predicted octanol–water partition coefficient (Wildman–Crippen LogP) is 2.96. The molecule has 0 fully saturated rings. The fourth-order valence-electron chi connectivity index (χ4n) is 0.799. The maximum absolute atomic E-state index is 11.5. The van der Waals surface area contributed by atoms with Gasteiger partial charge in [0.1, 0.15) is 11.0 Å². The molecule has 1 atom stereocenters. The van der Waals surface area contributed by atoms with Crippen LogP contribution in [-0.2, 0) is 11.0 Å². The number of hydrogen-bond acceptors (Lipinski definition) is 1. The van der Waals surface area contributed by atoms with Crippen molar-refractivity contribution in [2.75, 3.05) is 0 Å². The van der Waals surface area contributed by atoms with Gasteiger partial charge in [0.15, 0.2) is 0 Å². The molecule has 0 aromatic rings. The Labute approximate surface area is 84.4 Å². The minimum Gasteiger partial charge on any atom is -0.234 e. The first-order chi connectivity index (χ1) is 5.91. The molecule has 1 unspecified atom stereocenters. The highest BCUT2D eigenvalue weighted by molar-refractivity contribution is 7.85. The van der Waals surface area contributed by atoms with Crippen LogP contribution in [0.4, 0.5) is 0 Å². The maximum atomic E-state index is 11.5. The number of nitrogens with zero attached hydrogens (tertiary/aromatic N) is 1. The Bertz CT molecular complexity index is 190. The van der Waals surface area contributed by atoms with Gasteiger partial charge in [-0.05, 0) is 39.5 Å². The summed E-state index contributed by atoms with van der Waals surface area (Å²) in [5, 5.41) is 0. The zero-order valence-corrected chi connectivity index (χ0v) is 10.1. The van der Waals surface area contributed by atoms with Gasteiger partial charge in [0, 0.05) is 6.21 Å². The van der Waals surface area contributed by atoms with Crippen LogP contribution in [0.25, 0.3) is 0 Å². The van der Waals surface area contributed by atoms with Crippen molar-refractivity contribution in [2.24, 2.45) is 10.3 Å². The van der Waals surface area contributed by atoms with Gasteiger partial charge in [-0.2, -0.15) is 4.40 Å². The van der Waals surface area contributed by atoms with Crippen LogP contribution in [0, 0.1) is 5.92 Å². The van der Waals surface area contributed by atoms with Gasteiger partial charge in [-0.25, -0.2) is 4.21 Å². The maximum Gasteiger partial charge on any atom is 0.144 e. The molecule has 0 aromatic carbocycles. The number of hydrogen-bond donors (Lipinski definition) is 0. The molecular weight excluding hydrogens is 182 g/mol. The molecule has 0 aliphatic heterocycles. The molecule has 0 heterocycles. The summed E-state index contributed by atoms with van der Waals surface area (Å²) in [6.07, 6.45) is 3.99. The van der Waals surface area contributed by atoms with Crippen LogP contribution in [0.1, 0.15) is 47.5 Å². The van der Waals surface area contributed by atoms with Gasteiger partial charge in [0.2, 0.25) is 0 Å². The van der Waals surface area contributed by atoms with Crippen molar-refractivity contribution in [3.63, 3.8) is 0 Å². The normalized spacial score (nSPS) is 15.5. The Morgan fingerprint density at radius 2 is 1.77 bits per heavy atom. The average Bonchev–Trinajstić information content (AvgIpc) is 2.04. The lowest BCUT2D eigenvalue weighted by atomic mass is 10.1. The van der Waals surface area contributed by atoms with E-state index in [1.54, 1.807) is 0 Å². The fourth-order valence-corrected chi connectivity index (χ4v) is 1.40. The summed E-state index contributed by atoms with van der Waals surface area (Å²) in [6.45, 7) is 10.1. The van der Waals surface area contributed by atoms with Crippen molar-refractivity contribution in [1.82, 2.24) is 0 Å². The SMILES string of the molecule is CCC(/C=N/S(=O)C(C)(C)C)CC. The second-order valence-electron chi connectivity index (χ2n) is 4.19. The van der Waals surface area contributed by atoms with E-state index in [1.807, 2.05) is 27.0 Å². The summed E-state index contributed by atoms with van der Waals surface area (Å²) in [6, 6.07) is 0. The van der Waals surface area contributed by atoms with Crippen LogP contribution in [0.15, 0.2) is 4.40 Å². The summed E-state index contributed by atoms with van der Waals surface area (Å²) in [4.78, 5) is 0. The van der Waals surface area contributed by atoms with E-state index in [1.165, 1.54) is 0 Å². The molecule has 0 saturated carbocycles. The molecular formula is C10H21NOS. The number of rotatable bonds is 4. The monoisotopic (exact) mass is 203 g/mol. The molecule has 78 valence electrons. The topological polar surface area (TPSA) is 29.4 Å². The minimum absolute atomic E-state index is 0.234. The van der Waals surface area contributed by atoms with E-state index >= 15 is 0 Å². The van der Waals surface area contributed by atoms with Gasteiger partial charge < -0.3 is 0 Å². The van der Waals surface area contributed by atoms with Crippen molar-refractivity contribution < 1.29 is 4.21 Å². The molecule has 0 aliphatic carbocycles. The molecule has 3 heteroatoms. The minimum atomic E-state index is -1.09. The molecule has 0 aromatic heterocycles. The summed E-state index contributed by atoms with van der Waals surface area (Å²) < 4.78 is 15.4. The Morgan fingerprint density at radius 1 is 1.31 bits per heavy atom. The lowest BCUT2D eigenvalue weighted by Crippen LogP contribution is -2.20. The van der Waals surface area contributed by atoms with E-state index in [0.717, 1.165) is 12.8 Å². The molecule has 0 bridgehead atoms. The van der Waals surface area contributed by atoms with E-state index in [0.29, 0.717) is 5.92 Å².